The number of nitrogens with zero attached hydrogens (tertiary/aromatic N) is 2. The molecule has 1 amide bonds. The normalized spacial score (nSPS) is 11.6. The number of aryl methyl sites for hydroxylation is 1. The van der Waals surface area contributed by atoms with E-state index in [0.29, 0.717) is 6.54 Å². The van der Waals surface area contributed by atoms with Gasteiger partial charge in [0.15, 0.2) is 0 Å². The monoisotopic (exact) mass is 257 g/mol. The Hall–Kier alpha value is -1.97. The Kier molecular flexibility index (Phi) is 3.51. The lowest BCUT2D eigenvalue weighted by molar-refractivity contribution is -0.128. The maximum absolute atomic E-state index is 11.9. The molecular weight excluding hydrogens is 238 g/mol. The van der Waals surface area contributed by atoms with Gasteiger partial charge in [-0.05, 0) is 19.1 Å². The molecule has 1 heterocycles. The van der Waals surface area contributed by atoms with Crippen molar-refractivity contribution >= 4 is 16.9 Å². The molecular formula is C15H19N3O. The Labute approximate surface area is 113 Å². The fourth-order valence-corrected chi connectivity index (χ4v) is 1.72. The SMILES string of the molecule is Cc1nc2ccccc2nc1CNC(=O)C(C)(C)C. The number of amides is 1. The van der Waals surface area contributed by atoms with Gasteiger partial charge in [-0.2, -0.15) is 0 Å². The molecule has 0 fully saturated rings. The molecule has 0 radical (unpaired) electrons. The summed E-state index contributed by atoms with van der Waals surface area (Å²) in [6, 6.07) is 7.74. The van der Waals surface area contributed by atoms with E-state index in [4.69, 9.17) is 0 Å². The van der Waals surface area contributed by atoms with Gasteiger partial charge in [0.2, 0.25) is 5.91 Å². The number of para-hydroxylation sites is 2. The molecule has 0 unspecified atom stereocenters. The zero-order valence-corrected chi connectivity index (χ0v) is 11.8. The second-order valence-electron chi connectivity index (χ2n) is 5.68. The maximum Gasteiger partial charge on any atom is 0.225 e. The third-order valence-corrected chi connectivity index (χ3v) is 2.94. The van der Waals surface area contributed by atoms with Gasteiger partial charge in [-0.25, -0.2) is 9.97 Å². The minimum atomic E-state index is -0.391. The van der Waals surface area contributed by atoms with Crippen LogP contribution >= 0.6 is 0 Å². The van der Waals surface area contributed by atoms with Crippen molar-refractivity contribution in [2.75, 3.05) is 0 Å². The largest absolute Gasteiger partial charge is 0.350 e. The summed E-state index contributed by atoms with van der Waals surface area (Å²) in [6.07, 6.45) is 0. The van der Waals surface area contributed by atoms with E-state index in [1.54, 1.807) is 0 Å². The summed E-state index contributed by atoms with van der Waals surface area (Å²) >= 11 is 0. The third-order valence-electron chi connectivity index (χ3n) is 2.94. The molecule has 0 spiro atoms. The Morgan fingerprint density at radius 2 is 1.74 bits per heavy atom. The standard InChI is InChI=1S/C15H19N3O/c1-10-13(9-16-14(19)15(2,3)4)18-12-8-6-5-7-11(12)17-10/h5-8H,9H2,1-4H3,(H,16,19). The Morgan fingerprint density at radius 1 is 1.16 bits per heavy atom. The number of fused-ring (bicyclic) bond motifs is 1. The van der Waals surface area contributed by atoms with Gasteiger partial charge in [0.05, 0.1) is 29.0 Å². The van der Waals surface area contributed by atoms with E-state index in [9.17, 15) is 4.79 Å². The maximum atomic E-state index is 11.9. The molecule has 2 rings (SSSR count). The van der Waals surface area contributed by atoms with Gasteiger partial charge >= 0.3 is 0 Å². The zero-order chi connectivity index (χ0) is 14.0. The van der Waals surface area contributed by atoms with Crippen LogP contribution in [0.3, 0.4) is 0 Å². The van der Waals surface area contributed by atoms with Crippen molar-refractivity contribution in [1.82, 2.24) is 15.3 Å². The summed E-state index contributed by atoms with van der Waals surface area (Å²) in [7, 11) is 0. The second-order valence-corrected chi connectivity index (χ2v) is 5.68. The van der Waals surface area contributed by atoms with Crippen molar-refractivity contribution in [3.05, 3.63) is 35.7 Å². The van der Waals surface area contributed by atoms with Gasteiger partial charge in [0, 0.05) is 5.41 Å². The van der Waals surface area contributed by atoms with Crippen LogP contribution in [0.25, 0.3) is 11.0 Å². The minimum absolute atomic E-state index is 0.0156. The molecule has 4 heteroatoms. The Morgan fingerprint density at radius 3 is 2.32 bits per heavy atom. The fourth-order valence-electron chi connectivity index (χ4n) is 1.72. The number of hydrogen-bond acceptors (Lipinski definition) is 3. The van der Waals surface area contributed by atoms with Crippen molar-refractivity contribution in [2.24, 2.45) is 5.41 Å². The van der Waals surface area contributed by atoms with E-state index in [1.807, 2.05) is 52.0 Å². The van der Waals surface area contributed by atoms with E-state index in [-0.39, 0.29) is 5.91 Å². The van der Waals surface area contributed by atoms with E-state index < -0.39 is 5.41 Å². The molecule has 100 valence electrons. The molecule has 2 aromatic rings. The van der Waals surface area contributed by atoms with Crippen LogP contribution in [0.1, 0.15) is 32.2 Å². The summed E-state index contributed by atoms with van der Waals surface area (Å²) in [5.74, 6) is 0.0156. The zero-order valence-electron chi connectivity index (χ0n) is 11.8. The summed E-state index contributed by atoms with van der Waals surface area (Å²) < 4.78 is 0. The second kappa shape index (κ2) is 4.96. The van der Waals surface area contributed by atoms with E-state index >= 15 is 0 Å². The van der Waals surface area contributed by atoms with E-state index in [0.717, 1.165) is 22.4 Å². The summed E-state index contributed by atoms with van der Waals surface area (Å²) in [5.41, 5.74) is 3.02. The number of nitrogens with one attached hydrogen (secondary N) is 1. The smallest absolute Gasteiger partial charge is 0.225 e. The van der Waals surface area contributed by atoms with Gasteiger partial charge in [-0.1, -0.05) is 32.9 Å². The number of carbonyl (C=O) groups is 1. The van der Waals surface area contributed by atoms with Gasteiger partial charge in [-0.15, -0.1) is 0 Å². The molecule has 0 aliphatic heterocycles. The molecule has 0 bridgehead atoms. The van der Waals surface area contributed by atoms with E-state index in [2.05, 4.69) is 15.3 Å². The molecule has 0 atom stereocenters. The number of hydrogen-bond donors (Lipinski definition) is 1. The summed E-state index contributed by atoms with van der Waals surface area (Å²) in [4.78, 5) is 20.9. The third kappa shape index (κ3) is 3.08. The highest BCUT2D eigenvalue weighted by atomic mass is 16.2. The van der Waals surface area contributed by atoms with Gasteiger partial charge in [-0.3, -0.25) is 4.79 Å². The topological polar surface area (TPSA) is 54.9 Å². The first-order valence-electron chi connectivity index (χ1n) is 6.38. The van der Waals surface area contributed by atoms with Crippen LogP contribution in [-0.4, -0.2) is 15.9 Å². The molecule has 1 aromatic carbocycles. The molecule has 0 aliphatic carbocycles. The van der Waals surface area contributed by atoms with Gasteiger partial charge < -0.3 is 5.32 Å². The van der Waals surface area contributed by atoms with Crippen molar-refractivity contribution < 1.29 is 4.79 Å². The lowest BCUT2D eigenvalue weighted by atomic mass is 9.96. The Bertz CT molecular complexity index is 614. The minimum Gasteiger partial charge on any atom is -0.350 e. The molecule has 1 aromatic heterocycles. The predicted molar refractivity (Wildman–Crippen MR) is 75.6 cm³/mol. The number of benzene rings is 1. The van der Waals surface area contributed by atoms with Crippen LogP contribution in [0.2, 0.25) is 0 Å². The van der Waals surface area contributed by atoms with Gasteiger partial charge in [0.25, 0.3) is 0 Å². The lowest BCUT2D eigenvalue weighted by Crippen LogP contribution is -2.34. The van der Waals surface area contributed by atoms with Gasteiger partial charge in [0.1, 0.15) is 0 Å². The highest BCUT2D eigenvalue weighted by molar-refractivity contribution is 5.81. The van der Waals surface area contributed by atoms with Crippen molar-refractivity contribution in [3.63, 3.8) is 0 Å². The highest BCUT2D eigenvalue weighted by Gasteiger charge is 2.21. The van der Waals surface area contributed by atoms with Crippen LogP contribution < -0.4 is 5.32 Å². The van der Waals surface area contributed by atoms with Crippen LogP contribution in [0, 0.1) is 12.3 Å². The molecule has 0 aliphatic rings. The molecule has 19 heavy (non-hydrogen) atoms. The van der Waals surface area contributed by atoms with Crippen LogP contribution in [0.5, 0.6) is 0 Å². The van der Waals surface area contributed by atoms with Crippen LogP contribution in [0.4, 0.5) is 0 Å². The van der Waals surface area contributed by atoms with Crippen molar-refractivity contribution in [1.29, 1.82) is 0 Å². The molecule has 0 saturated heterocycles. The average molecular weight is 257 g/mol. The first-order valence-corrected chi connectivity index (χ1v) is 6.38. The number of carbonyl (C=O) groups excluding carboxylic acids is 1. The predicted octanol–water partition coefficient (Wildman–Crippen LogP) is 2.60. The Balaban J connectivity index is 2.21. The molecule has 0 saturated carbocycles. The number of rotatable bonds is 2. The molecule has 4 nitrogen and oxygen atoms in total. The van der Waals surface area contributed by atoms with E-state index in [1.165, 1.54) is 0 Å². The lowest BCUT2D eigenvalue weighted by Gasteiger charge is -2.17. The first-order chi connectivity index (χ1) is 8.88. The molecule has 1 N–H and O–H groups in total. The fraction of sp³-hybridized carbons (Fsp3) is 0.400. The first kappa shape index (κ1) is 13.5. The quantitative estimate of drug-likeness (QED) is 0.899. The van der Waals surface area contributed by atoms with Crippen LogP contribution in [0.15, 0.2) is 24.3 Å². The average Bonchev–Trinajstić information content (AvgIpc) is 2.34. The van der Waals surface area contributed by atoms with Crippen molar-refractivity contribution in [2.45, 2.75) is 34.2 Å². The highest BCUT2D eigenvalue weighted by Crippen LogP contribution is 2.15. The number of aromatic nitrogens is 2. The summed E-state index contributed by atoms with van der Waals surface area (Å²) in [5, 5.41) is 2.90. The summed E-state index contributed by atoms with van der Waals surface area (Å²) in [6.45, 7) is 8.00. The van der Waals surface area contributed by atoms with Crippen LogP contribution in [-0.2, 0) is 11.3 Å². The van der Waals surface area contributed by atoms with Crippen molar-refractivity contribution in [3.8, 4) is 0 Å².